The number of Topliss-reactive ketones (excluding diaryl/α,β-unsaturated/α-hetero) is 2. The van der Waals surface area contributed by atoms with Gasteiger partial charge in [0, 0.05) is 24.0 Å². The van der Waals surface area contributed by atoms with Crippen LogP contribution in [-0.2, 0) is 38.5 Å². The maximum absolute atomic E-state index is 13.2. The number of aryl methyl sites for hydroxylation is 6. The number of benzene rings is 3. The second-order valence-corrected chi connectivity index (χ2v) is 8.65. The normalized spacial score (nSPS) is 16.4. The Bertz CT molecular complexity index is 1010. The van der Waals surface area contributed by atoms with Gasteiger partial charge in [-0.25, -0.2) is 0 Å². The minimum atomic E-state index is 0.192. The minimum absolute atomic E-state index is 0.192. The molecule has 150 valence electrons. The SMILES string of the molecule is O=C1CCc2ccc(cc2)CCc2cc1c1cc2C(=O)CCc2ccc(cc2)CC1. The molecule has 0 N–H and O–H groups in total. The predicted octanol–water partition coefficient (Wildman–Crippen LogP) is 5.51. The Morgan fingerprint density at radius 2 is 0.700 bits per heavy atom. The molecule has 0 fully saturated rings. The zero-order valence-corrected chi connectivity index (χ0v) is 17.2. The molecular weight excluding hydrogens is 368 g/mol. The van der Waals surface area contributed by atoms with E-state index in [4.69, 9.17) is 0 Å². The smallest absolute Gasteiger partial charge is 0.163 e. The van der Waals surface area contributed by atoms with E-state index < -0.39 is 0 Å². The lowest BCUT2D eigenvalue weighted by Crippen LogP contribution is -2.14. The fourth-order valence-electron chi connectivity index (χ4n) is 4.71. The zero-order valence-electron chi connectivity index (χ0n) is 17.2. The van der Waals surface area contributed by atoms with E-state index in [-0.39, 0.29) is 11.6 Å². The van der Waals surface area contributed by atoms with Gasteiger partial charge in [0.25, 0.3) is 0 Å². The van der Waals surface area contributed by atoms with Gasteiger partial charge in [-0.3, -0.25) is 9.59 Å². The third kappa shape index (κ3) is 3.87. The van der Waals surface area contributed by atoms with Gasteiger partial charge in [-0.15, -0.1) is 0 Å². The number of carbonyl (C=O) groups is 2. The van der Waals surface area contributed by atoms with Crippen molar-refractivity contribution in [3.63, 3.8) is 0 Å². The highest BCUT2D eigenvalue weighted by atomic mass is 16.1. The van der Waals surface area contributed by atoms with Gasteiger partial charge < -0.3 is 0 Å². The summed E-state index contributed by atoms with van der Waals surface area (Å²) in [5.41, 5.74) is 8.69. The van der Waals surface area contributed by atoms with Crippen LogP contribution in [0.4, 0.5) is 0 Å². The lowest BCUT2D eigenvalue weighted by Gasteiger charge is -2.18. The first-order valence-electron chi connectivity index (χ1n) is 11.0. The van der Waals surface area contributed by atoms with Crippen LogP contribution in [0.3, 0.4) is 0 Å². The molecule has 0 heterocycles. The van der Waals surface area contributed by atoms with Crippen molar-refractivity contribution in [1.82, 2.24) is 0 Å². The molecule has 0 amide bonds. The summed E-state index contributed by atoms with van der Waals surface area (Å²) in [6, 6.07) is 21.3. The standard InChI is InChI=1S/C28H26O2/c29-27-15-11-21-5-1-19(2-6-21)9-13-23-17-26(27)24-14-10-20-3-7-22(8-4-20)12-16-28(30)25(23)18-24/h1-8,17-18H,9-16H2. The van der Waals surface area contributed by atoms with Crippen LogP contribution in [0.1, 0.15) is 66.9 Å². The molecule has 0 radical (unpaired) electrons. The number of hydrogen-bond acceptors (Lipinski definition) is 2. The van der Waals surface area contributed by atoms with Crippen LogP contribution in [0.5, 0.6) is 0 Å². The van der Waals surface area contributed by atoms with Crippen LogP contribution in [-0.4, -0.2) is 11.6 Å². The van der Waals surface area contributed by atoms with Crippen LogP contribution < -0.4 is 0 Å². The predicted molar refractivity (Wildman–Crippen MR) is 119 cm³/mol. The van der Waals surface area contributed by atoms with Crippen molar-refractivity contribution in [3.8, 4) is 0 Å². The molecule has 4 aliphatic rings. The molecule has 2 heteroatoms. The molecule has 3 aromatic rings. The fourth-order valence-corrected chi connectivity index (χ4v) is 4.71. The molecular formula is C28H26O2. The minimum Gasteiger partial charge on any atom is -0.294 e. The summed E-state index contributed by atoms with van der Waals surface area (Å²) < 4.78 is 0. The molecule has 3 aromatic carbocycles. The maximum atomic E-state index is 13.2. The highest BCUT2D eigenvalue weighted by Crippen LogP contribution is 2.26. The van der Waals surface area contributed by atoms with Gasteiger partial charge >= 0.3 is 0 Å². The van der Waals surface area contributed by atoms with Gasteiger partial charge in [-0.05, 0) is 84.0 Å². The van der Waals surface area contributed by atoms with Gasteiger partial charge in [0.15, 0.2) is 11.6 Å². The molecule has 4 aliphatic carbocycles. The molecule has 30 heavy (non-hydrogen) atoms. The van der Waals surface area contributed by atoms with Crippen molar-refractivity contribution in [3.05, 3.63) is 105 Å². The van der Waals surface area contributed by atoms with E-state index in [1.165, 1.54) is 22.3 Å². The molecule has 7 rings (SSSR count). The van der Waals surface area contributed by atoms with Crippen molar-refractivity contribution in [2.45, 2.75) is 51.4 Å². The van der Waals surface area contributed by atoms with Crippen LogP contribution in [0.25, 0.3) is 0 Å². The van der Waals surface area contributed by atoms with E-state index in [0.29, 0.717) is 12.8 Å². The Labute approximate surface area is 178 Å². The van der Waals surface area contributed by atoms with Gasteiger partial charge in [-0.1, -0.05) is 48.5 Å². The third-order valence-corrected chi connectivity index (χ3v) is 6.62. The first-order chi connectivity index (χ1) is 14.7. The van der Waals surface area contributed by atoms with Gasteiger partial charge in [0.05, 0.1) is 0 Å². The Morgan fingerprint density at radius 3 is 1.03 bits per heavy atom. The number of rotatable bonds is 0. The van der Waals surface area contributed by atoms with E-state index in [0.717, 1.165) is 60.8 Å². The monoisotopic (exact) mass is 394 g/mol. The lowest BCUT2D eigenvalue weighted by atomic mass is 9.85. The average Bonchev–Trinajstić information content (AvgIpc) is 2.78. The molecule has 8 bridgehead atoms. The largest absolute Gasteiger partial charge is 0.294 e. The number of fused-ring (bicyclic) bond motifs is 10. The van der Waals surface area contributed by atoms with E-state index in [1.54, 1.807) is 0 Å². The summed E-state index contributed by atoms with van der Waals surface area (Å²) >= 11 is 0. The molecule has 0 saturated carbocycles. The van der Waals surface area contributed by atoms with E-state index in [2.05, 4.69) is 48.5 Å². The van der Waals surface area contributed by atoms with Crippen LogP contribution >= 0.6 is 0 Å². The summed E-state index contributed by atoms with van der Waals surface area (Å²) in [7, 11) is 0. The van der Waals surface area contributed by atoms with Gasteiger partial charge in [0.1, 0.15) is 0 Å². The van der Waals surface area contributed by atoms with Crippen molar-refractivity contribution < 1.29 is 9.59 Å². The second-order valence-electron chi connectivity index (χ2n) is 8.65. The molecule has 0 saturated heterocycles. The molecule has 0 unspecified atom stereocenters. The zero-order chi connectivity index (χ0) is 20.5. The Morgan fingerprint density at radius 1 is 0.400 bits per heavy atom. The number of ketones is 2. The summed E-state index contributed by atoms with van der Waals surface area (Å²) in [4.78, 5) is 26.4. The first kappa shape index (κ1) is 19.0. The summed E-state index contributed by atoms with van der Waals surface area (Å²) in [6.07, 6.45) is 5.87. The fraction of sp³-hybridized carbons (Fsp3) is 0.286. The average molecular weight is 395 g/mol. The second kappa shape index (κ2) is 8.02. The van der Waals surface area contributed by atoms with Crippen molar-refractivity contribution in [2.24, 2.45) is 0 Å². The maximum Gasteiger partial charge on any atom is 0.163 e. The first-order valence-corrected chi connectivity index (χ1v) is 11.0. The molecule has 0 spiro atoms. The lowest BCUT2D eigenvalue weighted by molar-refractivity contribution is 0.0969. The van der Waals surface area contributed by atoms with Crippen LogP contribution in [0.15, 0.2) is 60.7 Å². The molecule has 0 aromatic heterocycles. The quantitative estimate of drug-likeness (QED) is 0.503. The van der Waals surface area contributed by atoms with Crippen molar-refractivity contribution in [1.29, 1.82) is 0 Å². The Balaban J connectivity index is 1.60. The number of carbonyl (C=O) groups excluding carboxylic acids is 2. The third-order valence-electron chi connectivity index (χ3n) is 6.62. The van der Waals surface area contributed by atoms with Crippen molar-refractivity contribution in [2.75, 3.05) is 0 Å². The summed E-state index contributed by atoms with van der Waals surface area (Å²) in [5.74, 6) is 0.384. The summed E-state index contributed by atoms with van der Waals surface area (Å²) in [5, 5.41) is 0. The summed E-state index contributed by atoms with van der Waals surface area (Å²) in [6.45, 7) is 0. The Kier molecular flexibility index (Phi) is 5.08. The van der Waals surface area contributed by atoms with E-state index >= 15 is 0 Å². The highest BCUT2D eigenvalue weighted by molar-refractivity contribution is 6.02. The van der Waals surface area contributed by atoms with Gasteiger partial charge in [-0.2, -0.15) is 0 Å². The Hall–Kier alpha value is -3.00. The van der Waals surface area contributed by atoms with Crippen molar-refractivity contribution >= 4 is 11.6 Å². The van der Waals surface area contributed by atoms with E-state index in [1.807, 2.05) is 12.1 Å². The topological polar surface area (TPSA) is 34.1 Å². The van der Waals surface area contributed by atoms with Crippen LogP contribution in [0, 0.1) is 0 Å². The molecule has 2 nitrogen and oxygen atoms in total. The molecule has 0 atom stereocenters. The molecule has 0 aliphatic heterocycles. The number of hydrogen-bond donors (Lipinski definition) is 0. The van der Waals surface area contributed by atoms with Gasteiger partial charge in [0.2, 0.25) is 0 Å². The van der Waals surface area contributed by atoms with E-state index in [9.17, 15) is 9.59 Å². The van der Waals surface area contributed by atoms with Crippen LogP contribution in [0.2, 0.25) is 0 Å². The highest BCUT2D eigenvalue weighted by Gasteiger charge is 2.20.